The van der Waals surface area contributed by atoms with E-state index in [1.54, 1.807) is 11.3 Å². The van der Waals surface area contributed by atoms with Crippen LogP contribution in [0.25, 0.3) is 0 Å². The molecular formula is C23H32N2O2S. The second kappa shape index (κ2) is 6.15. The fourth-order valence-corrected chi connectivity index (χ4v) is 8.31. The quantitative estimate of drug-likeness (QED) is 0.741. The lowest BCUT2D eigenvalue weighted by atomic mass is 9.46. The maximum Gasteiger partial charge on any atom is 0.182 e. The van der Waals surface area contributed by atoms with Crippen LogP contribution >= 0.6 is 11.3 Å². The third-order valence-corrected chi connectivity index (χ3v) is 10.1. The monoisotopic (exact) mass is 400 g/mol. The minimum atomic E-state index is -0.812. The van der Waals surface area contributed by atoms with Crippen molar-refractivity contribution in [3.05, 3.63) is 22.7 Å². The van der Waals surface area contributed by atoms with E-state index in [0.29, 0.717) is 30.0 Å². The van der Waals surface area contributed by atoms with Gasteiger partial charge < -0.3 is 10.4 Å². The molecule has 4 aliphatic carbocycles. The van der Waals surface area contributed by atoms with Gasteiger partial charge in [0.05, 0.1) is 5.69 Å². The first-order valence-electron chi connectivity index (χ1n) is 10.9. The van der Waals surface area contributed by atoms with Crippen LogP contribution in [0.4, 0.5) is 5.13 Å². The summed E-state index contributed by atoms with van der Waals surface area (Å²) in [5, 5.41) is 18.0. The molecule has 0 bridgehead atoms. The molecule has 6 unspecified atom stereocenters. The summed E-state index contributed by atoms with van der Waals surface area (Å²) in [4.78, 5) is 16.7. The SMILES string of the molecule is CNc1nc(C2(O)CCC3C4CCC5=CC(=O)CCC5(C)C4CCC32C)cs1. The van der Waals surface area contributed by atoms with E-state index in [9.17, 15) is 9.90 Å². The predicted molar refractivity (Wildman–Crippen MR) is 112 cm³/mol. The molecule has 3 saturated carbocycles. The van der Waals surface area contributed by atoms with E-state index in [4.69, 9.17) is 4.98 Å². The number of aromatic nitrogens is 1. The maximum absolute atomic E-state index is 12.0. The lowest BCUT2D eigenvalue weighted by molar-refractivity contribution is -0.135. The van der Waals surface area contributed by atoms with Crippen LogP contribution in [0, 0.1) is 28.6 Å². The molecule has 0 aromatic carbocycles. The van der Waals surface area contributed by atoms with Crippen molar-refractivity contribution in [1.29, 1.82) is 0 Å². The summed E-state index contributed by atoms with van der Waals surface area (Å²) in [5.74, 6) is 2.19. The highest BCUT2D eigenvalue weighted by Gasteiger charge is 2.65. The molecule has 4 nitrogen and oxygen atoms in total. The number of aliphatic hydroxyl groups is 1. The number of nitrogens with one attached hydrogen (secondary N) is 1. The summed E-state index contributed by atoms with van der Waals surface area (Å²) in [5.41, 5.74) is 1.57. The fourth-order valence-electron chi connectivity index (χ4n) is 7.57. The van der Waals surface area contributed by atoms with E-state index in [-0.39, 0.29) is 10.8 Å². The van der Waals surface area contributed by atoms with Crippen molar-refractivity contribution in [1.82, 2.24) is 4.98 Å². The van der Waals surface area contributed by atoms with E-state index in [1.165, 1.54) is 12.0 Å². The Morgan fingerprint density at radius 3 is 2.68 bits per heavy atom. The molecule has 152 valence electrons. The summed E-state index contributed by atoms with van der Waals surface area (Å²) in [6.07, 6.45) is 10.1. The average Bonchev–Trinajstić information content (AvgIpc) is 3.26. The highest BCUT2D eigenvalue weighted by Crippen LogP contribution is 2.69. The molecule has 0 radical (unpaired) electrons. The van der Waals surface area contributed by atoms with Crippen LogP contribution in [0.5, 0.6) is 0 Å². The largest absolute Gasteiger partial charge is 0.383 e. The number of fused-ring (bicyclic) bond motifs is 5. The summed E-state index contributed by atoms with van der Waals surface area (Å²) in [7, 11) is 1.89. The zero-order valence-electron chi connectivity index (χ0n) is 17.3. The number of allylic oxidation sites excluding steroid dienone is 1. The smallest absolute Gasteiger partial charge is 0.182 e. The number of carbonyl (C=O) groups is 1. The van der Waals surface area contributed by atoms with Gasteiger partial charge in [-0.05, 0) is 74.2 Å². The number of hydrogen-bond acceptors (Lipinski definition) is 5. The van der Waals surface area contributed by atoms with Crippen molar-refractivity contribution in [2.24, 2.45) is 28.6 Å². The van der Waals surface area contributed by atoms with Gasteiger partial charge in [-0.15, -0.1) is 11.3 Å². The summed E-state index contributed by atoms with van der Waals surface area (Å²) < 4.78 is 0. The van der Waals surface area contributed by atoms with E-state index in [2.05, 4.69) is 24.5 Å². The van der Waals surface area contributed by atoms with Crippen molar-refractivity contribution in [3.8, 4) is 0 Å². The van der Waals surface area contributed by atoms with Crippen LogP contribution in [0.15, 0.2) is 17.0 Å². The summed E-state index contributed by atoms with van der Waals surface area (Å²) in [6.45, 7) is 4.75. The van der Waals surface area contributed by atoms with Gasteiger partial charge in [-0.1, -0.05) is 19.4 Å². The van der Waals surface area contributed by atoms with E-state index < -0.39 is 5.60 Å². The van der Waals surface area contributed by atoms with Crippen LogP contribution in [0.1, 0.15) is 70.9 Å². The molecule has 0 amide bonds. The van der Waals surface area contributed by atoms with Crippen molar-refractivity contribution < 1.29 is 9.90 Å². The Bertz CT molecular complexity index is 847. The van der Waals surface area contributed by atoms with Gasteiger partial charge in [0.15, 0.2) is 10.9 Å². The number of ketones is 1. The average molecular weight is 401 g/mol. The minimum Gasteiger partial charge on any atom is -0.383 e. The molecule has 1 aromatic rings. The maximum atomic E-state index is 12.0. The molecule has 2 N–H and O–H groups in total. The number of anilines is 1. The molecule has 0 spiro atoms. The lowest BCUT2D eigenvalue weighted by Crippen LogP contribution is -2.53. The molecule has 3 fully saturated rings. The molecule has 1 heterocycles. The number of hydrogen-bond donors (Lipinski definition) is 2. The van der Waals surface area contributed by atoms with Gasteiger partial charge in [-0.25, -0.2) is 4.98 Å². The molecule has 0 aliphatic heterocycles. The van der Waals surface area contributed by atoms with E-state index in [1.807, 2.05) is 13.1 Å². The molecule has 4 aliphatic rings. The first-order chi connectivity index (χ1) is 13.3. The molecule has 0 saturated heterocycles. The van der Waals surface area contributed by atoms with E-state index in [0.717, 1.165) is 49.4 Å². The topological polar surface area (TPSA) is 62.2 Å². The highest BCUT2D eigenvalue weighted by molar-refractivity contribution is 7.13. The zero-order chi connectivity index (χ0) is 19.7. The second-order valence-electron chi connectivity index (χ2n) is 10.1. The molecular weight excluding hydrogens is 368 g/mol. The summed E-state index contributed by atoms with van der Waals surface area (Å²) in [6, 6.07) is 0. The van der Waals surface area contributed by atoms with E-state index >= 15 is 0 Å². The Kier molecular flexibility index (Phi) is 4.13. The van der Waals surface area contributed by atoms with Crippen molar-refractivity contribution >= 4 is 22.3 Å². The van der Waals surface area contributed by atoms with Crippen LogP contribution in [-0.4, -0.2) is 22.9 Å². The number of rotatable bonds is 2. The Hall–Kier alpha value is -1.20. The Morgan fingerprint density at radius 2 is 1.93 bits per heavy atom. The molecule has 6 atom stereocenters. The van der Waals surface area contributed by atoms with Gasteiger partial charge >= 0.3 is 0 Å². The van der Waals surface area contributed by atoms with Crippen molar-refractivity contribution in [2.45, 2.75) is 70.8 Å². The number of carbonyl (C=O) groups excluding carboxylic acids is 1. The van der Waals surface area contributed by atoms with Crippen LogP contribution in [0.3, 0.4) is 0 Å². The van der Waals surface area contributed by atoms with Gasteiger partial charge in [0.25, 0.3) is 0 Å². The zero-order valence-corrected chi connectivity index (χ0v) is 18.1. The Balaban J connectivity index is 1.49. The standard InChI is InChI=1S/C23H32N2O2S/c1-21-9-6-15(26)12-14(21)4-5-16-17(21)7-10-22(2)18(16)8-11-23(22,27)19-13-28-20(24-3)25-19/h12-13,16-18,27H,4-11H2,1-3H3,(H,24,25). The van der Waals surface area contributed by atoms with Gasteiger partial charge in [-0.2, -0.15) is 0 Å². The molecule has 5 rings (SSSR count). The van der Waals surface area contributed by atoms with Gasteiger partial charge in [0.1, 0.15) is 5.60 Å². The fraction of sp³-hybridized carbons (Fsp3) is 0.739. The first-order valence-corrected chi connectivity index (χ1v) is 11.8. The van der Waals surface area contributed by atoms with Gasteiger partial charge in [0, 0.05) is 24.3 Å². The number of thiazole rings is 1. The highest BCUT2D eigenvalue weighted by atomic mass is 32.1. The van der Waals surface area contributed by atoms with Crippen LogP contribution in [-0.2, 0) is 10.4 Å². The molecule has 5 heteroatoms. The third-order valence-electron chi connectivity index (χ3n) is 9.26. The molecule has 1 aromatic heterocycles. The Morgan fingerprint density at radius 1 is 1.14 bits per heavy atom. The second-order valence-corrected chi connectivity index (χ2v) is 11.0. The summed E-state index contributed by atoms with van der Waals surface area (Å²) >= 11 is 1.59. The predicted octanol–water partition coefficient (Wildman–Crippen LogP) is 4.90. The molecule has 28 heavy (non-hydrogen) atoms. The van der Waals surface area contributed by atoms with Crippen molar-refractivity contribution in [2.75, 3.05) is 12.4 Å². The first kappa shape index (κ1) is 18.8. The number of nitrogens with zero attached hydrogens (tertiary/aromatic N) is 1. The Labute approximate surface area is 171 Å². The van der Waals surface area contributed by atoms with Gasteiger partial charge in [-0.3, -0.25) is 4.79 Å². The minimum absolute atomic E-state index is 0.102. The van der Waals surface area contributed by atoms with Gasteiger partial charge in [0.2, 0.25) is 0 Å². The van der Waals surface area contributed by atoms with Crippen LogP contribution < -0.4 is 5.32 Å². The van der Waals surface area contributed by atoms with Crippen LogP contribution in [0.2, 0.25) is 0 Å². The normalized spacial score (nSPS) is 45.1. The lowest BCUT2D eigenvalue weighted by Gasteiger charge is -2.59. The third kappa shape index (κ3) is 2.32. The van der Waals surface area contributed by atoms with Crippen molar-refractivity contribution in [3.63, 3.8) is 0 Å².